The van der Waals surface area contributed by atoms with Gasteiger partial charge in [-0.3, -0.25) is 9.59 Å². The quantitative estimate of drug-likeness (QED) is 0.792. The lowest BCUT2D eigenvalue weighted by molar-refractivity contribution is -0.125. The van der Waals surface area contributed by atoms with Crippen molar-refractivity contribution in [1.29, 1.82) is 0 Å². The molecule has 2 amide bonds. The average Bonchev–Trinajstić information content (AvgIpc) is 3.31. The number of carbonyl (C=O) groups is 2. The number of rotatable bonds is 6. The lowest BCUT2D eigenvalue weighted by Gasteiger charge is -2.29. The average molecular weight is 411 g/mol. The van der Waals surface area contributed by atoms with Crippen LogP contribution in [-0.2, 0) is 16.1 Å². The first-order valence-electron chi connectivity index (χ1n) is 10.2. The fraction of sp³-hybridized carbons (Fsp3) is 0.409. The van der Waals surface area contributed by atoms with Crippen molar-refractivity contribution in [3.63, 3.8) is 0 Å². The van der Waals surface area contributed by atoms with Crippen LogP contribution in [0.5, 0.6) is 0 Å². The number of thioether (sulfide) groups is 1. The second kappa shape index (κ2) is 9.31. The van der Waals surface area contributed by atoms with Crippen LogP contribution in [0.15, 0.2) is 47.5 Å². The zero-order chi connectivity index (χ0) is 20.1. The standard InChI is InChI=1S/C22H26N4O2S/c27-21(24-16-17-9-10-23-20(15-17)25-11-3-4-12-25)7-8-22(28)26-13-14-29-19-6-2-1-5-18(19)26/h1-2,5-6,9-10,15H,3-4,7-8,11-14,16H2,(H,24,27). The highest BCUT2D eigenvalue weighted by atomic mass is 32.2. The van der Waals surface area contributed by atoms with Crippen LogP contribution in [-0.4, -0.2) is 42.2 Å². The molecule has 152 valence electrons. The van der Waals surface area contributed by atoms with Gasteiger partial charge in [-0.2, -0.15) is 0 Å². The van der Waals surface area contributed by atoms with Crippen molar-refractivity contribution in [2.75, 3.05) is 35.2 Å². The van der Waals surface area contributed by atoms with Crippen molar-refractivity contribution in [2.45, 2.75) is 37.1 Å². The molecule has 0 unspecified atom stereocenters. The molecule has 29 heavy (non-hydrogen) atoms. The van der Waals surface area contributed by atoms with Crippen LogP contribution in [0.4, 0.5) is 11.5 Å². The highest BCUT2D eigenvalue weighted by Gasteiger charge is 2.22. The van der Waals surface area contributed by atoms with E-state index < -0.39 is 0 Å². The Morgan fingerprint density at radius 1 is 1.07 bits per heavy atom. The van der Waals surface area contributed by atoms with E-state index in [1.807, 2.05) is 41.3 Å². The molecule has 1 N–H and O–H groups in total. The van der Waals surface area contributed by atoms with Crippen molar-refractivity contribution in [2.24, 2.45) is 0 Å². The summed E-state index contributed by atoms with van der Waals surface area (Å²) in [6, 6.07) is 11.9. The third-order valence-corrected chi connectivity index (χ3v) is 6.37. The molecule has 2 aliphatic heterocycles. The summed E-state index contributed by atoms with van der Waals surface area (Å²) in [6.07, 6.45) is 4.63. The van der Waals surface area contributed by atoms with Gasteiger partial charge in [0.15, 0.2) is 0 Å². The van der Waals surface area contributed by atoms with Crippen molar-refractivity contribution >= 4 is 35.1 Å². The van der Waals surface area contributed by atoms with Gasteiger partial charge in [-0.15, -0.1) is 11.8 Å². The zero-order valence-corrected chi connectivity index (χ0v) is 17.3. The number of hydrogen-bond donors (Lipinski definition) is 1. The number of carbonyl (C=O) groups excluding carboxylic acids is 2. The summed E-state index contributed by atoms with van der Waals surface area (Å²) in [5.74, 6) is 1.77. The SMILES string of the molecule is O=C(CCC(=O)N1CCSc2ccccc21)NCc1ccnc(N2CCCC2)c1. The Kier molecular flexibility index (Phi) is 6.34. The minimum atomic E-state index is -0.0995. The molecule has 0 radical (unpaired) electrons. The van der Waals surface area contributed by atoms with Crippen LogP contribution in [0.3, 0.4) is 0 Å². The van der Waals surface area contributed by atoms with Gasteiger partial charge in [0.25, 0.3) is 0 Å². The number of pyridine rings is 1. The van der Waals surface area contributed by atoms with Crippen molar-refractivity contribution < 1.29 is 9.59 Å². The van der Waals surface area contributed by atoms with E-state index >= 15 is 0 Å². The zero-order valence-electron chi connectivity index (χ0n) is 16.5. The molecule has 0 saturated carbocycles. The van der Waals surface area contributed by atoms with Gasteiger partial charge in [-0.25, -0.2) is 4.98 Å². The summed E-state index contributed by atoms with van der Waals surface area (Å²) < 4.78 is 0. The van der Waals surface area contributed by atoms with Gasteiger partial charge in [-0.05, 0) is 42.7 Å². The topological polar surface area (TPSA) is 65.5 Å². The molecule has 0 aliphatic carbocycles. The number of amides is 2. The summed E-state index contributed by atoms with van der Waals surface area (Å²) in [5, 5.41) is 2.93. The highest BCUT2D eigenvalue weighted by Crippen LogP contribution is 2.34. The van der Waals surface area contributed by atoms with Crippen LogP contribution in [0, 0.1) is 0 Å². The summed E-state index contributed by atoms with van der Waals surface area (Å²) in [7, 11) is 0. The summed E-state index contributed by atoms with van der Waals surface area (Å²) >= 11 is 1.77. The van der Waals surface area contributed by atoms with Gasteiger partial charge >= 0.3 is 0 Å². The summed E-state index contributed by atoms with van der Waals surface area (Å²) in [4.78, 5) is 34.6. The van der Waals surface area contributed by atoms with Gasteiger partial charge in [0.1, 0.15) is 5.82 Å². The number of nitrogens with one attached hydrogen (secondary N) is 1. The lowest BCUT2D eigenvalue weighted by Crippen LogP contribution is -2.36. The van der Waals surface area contributed by atoms with E-state index in [2.05, 4.69) is 15.2 Å². The number of benzene rings is 1. The fourth-order valence-corrected chi connectivity index (χ4v) is 4.76. The van der Waals surface area contributed by atoms with E-state index in [4.69, 9.17) is 0 Å². The molecule has 7 heteroatoms. The Bertz CT molecular complexity index is 883. The summed E-state index contributed by atoms with van der Waals surface area (Å²) in [6.45, 7) is 3.24. The monoisotopic (exact) mass is 410 g/mol. The number of hydrogen-bond acceptors (Lipinski definition) is 5. The number of nitrogens with zero attached hydrogens (tertiary/aromatic N) is 3. The Labute approximate surface area is 175 Å². The molecule has 0 bridgehead atoms. The minimum Gasteiger partial charge on any atom is -0.357 e. The molecular formula is C22H26N4O2S. The van der Waals surface area contributed by atoms with Gasteiger partial charge in [0, 0.05) is 55.9 Å². The normalized spacial score (nSPS) is 15.9. The molecule has 3 heterocycles. The van der Waals surface area contributed by atoms with E-state index in [9.17, 15) is 9.59 Å². The number of anilines is 2. The van der Waals surface area contributed by atoms with Gasteiger partial charge in [-0.1, -0.05) is 12.1 Å². The van der Waals surface area contributed by atoms with Crippen LogP contribution in [0.25, 0.3) is 0 Å². The van der Waals surface area contributed by atoms with Crippen LogP contribution >= 0.6 is 11.8 Å². The van der Waals surface area contributed by atoms with E-state index in [1.54, 1.807) is 18.0 Å². The Hall–Kier alpha value is -2.54. The fourth-order valence-electron chi connectivity index (χ4n) is 3.76. The largest absolute Gasteiger partial charge is 0.357 e. The Morgan fingerprint density at radius 3 is 2.76 bits per heavy atom. The van der Waals surface area contributed by atoms with Gasteiger partial charge in [0.2, 0.25) is 11.8 Å². The van der Waals surface area contributed by atoms with Crippen molar-refractivity contribution in [1.82, 2.24) is 10.3 Å². The maximum atomic E-state index is 12.7. The third kappa shape index (κ3) is 4.90. The molecule has 1 saturated heterocycles. The first-order valence-corrected chi connectivity index (χ1v) is 11.2. The first kappa shape index (κ1) is 19.8. The van der Waals surface area contributed by atoms with E-state index in [1.165, 1.54) is 12.8 Å². The number of fused-ring (bicyclic) bond motifs is 1. The smallest absolute Gasteiger partial charge is 0.227 e. The molecular weight excluding hydrogens is 384 g/mol. The van der Waals surface area contributed by atoms with Crippen LogP contribution < -0.4 is 15.1 Å². The maximum absolute atomic E-state index is 12.7. The number of para-hydroxylation sites is 1. The van der Waals surface area contributed by atoms with Crippen molar-refractivity contribution in [3.8, 4) is 0 Å². The Morgan fingerprint density at radius 2 is 1.90 bits per heavy atom. The lowest BCUT2D eigenvalue weighted by atomic mass is 10.2. The molecule has 0 atom stereocenters. The molecule has 0 spiro atoms. The summed E-state index contributed by atoms with van der Waals surface area (Å²) in [5.41, 5.74) is 1.99. The highest BCUT2D eigenvalue weighted by molar-refractivity contribution is 7.99. The molecule has 6 nitrogen and oxygen atoms in total. The van der Waals surface area contributed by atoms with Crippen molar-refractivity contribution in [3.05, 3.63) is 48.2 Å². The number of aromatic nitrogens is 1. The second-order valence-corrected chi connectivity index (χ2v) is 8.49. The molecule has 2 aliphatic rings. The maximum Gasteiger partial charge on any atom is 0.227 e. The van der Waals surface area contributed by atoms with Gasteiger partial charge in [0.05, 0.1) is 5.69 Å². The van der Waals surface area contributed by atoms with E-state index in [-0.39, 0.29) is 24.7 Å². The molecule has 1 fully saturated rings. The van der Waals surface area contributed by atoms with Crippen LogP contribution in [0.1, 0.15) is 31.2 Å². The first-order chi connectivity index (χ1) is 14.2. The molecule has 1 aromatic carbocycles. The molecule has 4 rings (SSSR count). The third-order valence-electron chi connectivity index (χ3n) is 5.33. The van der Waals surface area contributed by atoms with E-state index in [0.717, 1.165) is 40.8 Å². The minimum absolute atomic E-state index is 0.00753. The second-order valence-electron chi connectivity index (χ2n) is 7.35. The van der Waals surface area contributed by atoms with Gasteiger partial charge < -0.3 is 15.1 Å². The molecule has 1 aromatic heterocycles. The molecule has 2 aromatic rings. The predicted molar refractivity (Wildman–Crippen MR) is 116 cm³/mol. The van der Waals surface area contributed by atoms with E-state index in [0.29, 0.717) is 13.1 Å². The predicted octanol–water partition coefficient (Wildman–Crippen LogP) is 3.22. The van der Waals surface area contributed by atoms with Crippen LogP contribution in [0.2, 0.25) is 0 Å². The Balaban J connectivity index is 1.26.